The maximum absolute atomic E-state index is 10.1. The summed E-state index contributed by atoms with van der Waals surface area (Å²) in [6.45, 7) is 0.683. The van der Waals surface area contributed by atoms with E-state index in [-0.39, 0.29) is 11.5 Å². The average molecular weight is 102 g/mol. The fraction of sp³-hybridized carbons (Fsp3) is 0.667. The number of ether oxygens (including phenoxy) is 1. The molecule has 1 aliphatic rings. The van der Waals surface area contributed by atoms with Gasteiger partial charge >= 0.3 is 0 Å². The molecule has 0 amide bonds. The predicted molar refractivity (Wildman–Crippen MR) is 24.7 cm³/mol. The molecule has 0 spiro atoms. The second-order valence-corrected chi connectivity index (χ2v) is 2.42. The van der Waals surface area contributed by atoms with Crippen LogP contribution in [0.3, 0.4) is 0 Å². The maximum Gasteiger partial charge on any atom is 0.133 e. The van der Waals surface area contributed by atoms with E-state index in [1.54, 1.807) is 0 Å². The zero-order valence-electron chi connectivity index (χ0n) is 3.60. The highest BCUT2D eigenvalue weighted by molar-refractivity contribution is 6.59. The Hall–Kier alpha value is -0.153. The van der Waals surface area contributed by atoms with Crippen molar-refractivity contribution in [3.63, 3.8) is 0 Å². The van der Waals surface area contributed by atoms with Gasteiger partial charge in [0, 0.05) is 0 Å². The van der Waals surface area contributed by atoms with Crippen molar-refractivity contribution in [2.75, 3.05) is 6.61 Å². The van der Waals surface area contributed by atoms with Gasteiger partial charge in [0.05, 0.1) is 16.8 Å². The number of hydrogen-bond acceptors (Lipinski definition) is 2. The highest BCUT2D eigenvalue weighted by Gasteiger charge is 2.26. The van der Waals surface area contributed by atoms with Crippen LogP contribution in [0.1, 0.15) is 0 Å². The number of epoxide rings is 1. The van der Waals surface area contributed by atoms with Crippen molar-refractivity contribution in [3.8, 4) is 0 Å². The molecule has 0 bridgehead atoms. The van der Waals surface area contributed by atoms with Gasteiger partial charge in [-0.2, -0.15) is 0 Å². The largest absolute Gasteiger partial charge is 0.365 e. The van der Waals surface area contributed by atoms with Crippen molar-refractivity contribution < 1.29 is 9.53 Å². The standard InChI is InChI=1S/C3H6O2Si/c4-3(6)2-1-5-2/h2H,1H2,6H3. The van der Waals surface area contributed by atoms with Gasteiger partial charge in [0.1, 0.15) is 11.5 Å². The van der Waals surface area contributed by atoms with Gasteiger partial charge in [0.2, 0.25) is 0 Å². The fourth-order valence-electron chi connectivity index (χ4n) is 0.283. The Kier molecular flexibility index (Phi) is 0.780. The molecule has 0 aromatic rings. The van der Waals surface area contributed by atoms with E-state index < -0.39 is 0 Å². The van der Waals surface area contributed by atoms with E-state index in [1.165, 1.54) is 0 Å². The van der Waals surface area contributed by atoms with Crippen LogP contribution in [-0.2, 0) is 9.53 Å². The summed E-state index contributed by atoms with van der Waals surface area (Å²) in [6, 6.07) is 0. The predicted octanol–water partition coefficient (Wildman–Crippen LogP) is -1.72. The molecule has 1 saturated heterocycles. The van der Waals surface area contributed by atoms with Crippen molar-refractivity contribution in [2.24, 2.45) is 0 Å². The molecule has 0 saturated carbocycles. The lowest BCUT2D eigenvalue weighted by atomic mass is 10.5. The SMILES string of the molecule is O=C([SiH3])C1CO1. The average Bonchev–Trinajstić information content (AvgIpc) is 2.06. The van der Waals surface area contributed by atoms with Crippen molar-refractivity contribution in [3.05, 3.63) is 0 Å². The Morgan fingerprint density at radius 3 is 2.50 bits per heavy atom. The van der Waals surface area contributed by atoms with E-state index in [2.05, 4.69) is 4.74 Å². The molecule has 34 valence electrons. The van der Waals surface area contributed by atoms with Crippen molar-refractivity contribution in [2.45, 2.75) is 6.10 Å². The van der Waals surface area contributed by atoms with Gasteiger partial charge in [-0.15, -0.1) is 0 Å². The minimum atomic E-state index is 0.0247. The lowest BCUT2D eigenvalue weighted by Gasteiger charge is -1.72. The van der Waals surface area contributed by atoms with Crippen LogP contribution < -0.4 is 0 Å². The maximum atomic E-state index is 10.1. The van der Waals surface area contributed by atoms with Gasteiger partial charge in [-0.1, -0.05) is 0 Å². The molecule has 0 radical (unpaired) electrons. The lowest BCUT2D eigenvalue weighted by molar-refractivity contribution is -0.112. The van der Waals surface area contributed by atoms with Gasteiger partial charge in [-0.25, -0.2) is 0 Å². The molecule has 1 aliphatic heterocycles. The fourth-order valence-corrected chi connectivity index (χ4v) is 0.616. The third kappa shape index (κ3) is 0.665. The van der Waals surface area contributed by atoms with Crippen LogP contribution >= 0.6 is 0 Å². The van der Waals surface area contributed by atoms with Gasteiger partial charge in [0.15, 0.2) is 0 Å². The molecule has 0 aromatic heterocycles. The quantitative estimate of drug-likeness (QED) is 0.291. The molecule has 6 heavy (non-hydrogen) atoms. The molecule has 2 nitrogen and oxygen atoms in total. The second-order valence-electron chi connectivity index (χ2n) is 1.43. The molecule has 1 unspecified atom stereocenters. The van der Waals surface area contributed by atoms with E-state index in [1.807, 2.05) is 0 Å². The summed E-state index contributed by atoms with van der Waals surface area (Å²) >= 11 is 0. The van der Waals surface area contributed by atoms with Gasteiger partial charge in [-0.3, -0.25) is 0 Å². The molecule has 1 heterocycles. The Morgan fingerprint density at radius 2 is 2.50 bits per heavy atom. The Morgan fingerprint density at radius 1 is 2.00 bits per heavy atom. The van der Waals surface area contributed by atoms with Crippen LogP contribution in [0.5, 0.6) is 0 Å². The number of carbonyl (C=O) groups is 1. The first-order valence-corrected chi connectivity index (χ1v) is 2.93. The minimum absolute atomic E-state index is 0.0247. The van der Waals surface area contributed by atoms with Gasteiger partial charge < -0.3 is 9.53 Å². The van der Waals surface area contributed by atoms with E-state index in [0.29, 0.717) is 16.8 Å². The first-order chi connectivity index (χ1) is 2.80. The van der Waals surface area contributed by atoms with Crippen molar-refractivity contribution in [1.82, 2.24) is 0 Å². The summed E-state index contributed by atoms with van der Waals surface area (Å²) < 4.78 is 4.66. The molecule has 0 aliphatic carbocycles. The molecule has 1 fully saturated rings. The number of carbonyl (C=O) groups excluding carboxylic acids is 1. The van der Waals surface area contributed by atoms with Crippen LogP contribution in [0.4, 0.5) is 0 Å². The Bertz CT molecular complexity index is 76.9. The van der Waals surface area contributed by atoms with E-state index in [0.717, 1.165) is 0 Å². The summed E-state index contributed by atoms with van der Waals surface area (Å²) in [6.07, 6.45) is 0.0247. The highest BCUT2D eigenvalue weighted by Crippen LogP contribution is 2.06. The molecule has 1 atom stereocenters. The van der Waals surface area contributed by atoms with Crippen LogP contribution in [-0.4, -0.2) is 28.4 Å². The number of rotatable bonds is 1. The zero-order valence-corrected chi connectivity index (χ0v) is 5.60. The molecule has 1 rings (SSSR count). The first-order valence-electron chi connectivity index (χ1n) is 1.93. The first kappa shape index (κ1) is 4.02. The summed E-state index contributed by atoms with van der Waals surface area (Å²) in [4.78, 5) is 10.1. The smallest absolute Gasteiger partial charge is 0.133 e. The van der Waals surface area contributed by atoms with Crippen LogP contribution in [0.25, 0.3) is 0 Å². The molecule has 0 N–H and O–H groups in total. The Labute approximate surface area is 38.9 Å². The molecule has 3 heteroatoms. The van der Waals surface area contributed by atoms with Gasteiger partial charge in [0.25, 0.3) is 0 Å². The zero-order chi connectivity index (χ0) is 4.57. The van der Waals surface area contributed by atoms with Crippen LogP contribution in [0.15, 0.2) is 0 Å². The van der Waals surface area contributed by atoms with Crippen molar-refractivity contribution in [1.29, 1.82) is 0 Å². The lowest BCUT2D eigenvalue weighted by Crippen LogP contribution is -2.03. The molecule has 0 aromatic carbocycles. The van der Waals surface area contributed by atoms with Crippen LogP contribution in [0, 0.1) is 0 Å². The third-order valence-electron chi connectivity index (χ3n) is 0.787. The van der Waals surface area contributed by atoms with E-state index in [4.69, 9.17) is 0 Å². The van der Waals surface area contributed by atoms with Crippen molar-refractivity contribution >= 4 is 15.6 Å². The molecular weight excluding hydrogens is 96.1 g/mol. The van der Waals surface area contributed by atoms with E-state index >= 15 is 0 Å². The normalized spacial score (nSPS) is 30.3. The summed E-state index contributed by atoms with van der Waals surface area (Å²) in [7, 11) is 0.652. The van der Waals surface area contributed by atoms with Gasteiger partial charge in [-0.05, 0) is 0 Å². The minimum Gasteiger partial charge on any atom is -0.365 e. The summed E-state index contributed by atoms with van der Waals surface area (Å²) in [5.41, 5.74) is 0. The summed E-state index contributed by atoms with van der Waals surface area (Å²) in [5, 5.41) is 0.287. The van der Waals surface area contributed by atoms with E-state index in [9.17, 15) is 4.79 Å². The number of hydrogen-bond donors (Lipinski definition) is 0. The monoisotopic (exact) mass is 102 g/mol. The molecular formula is C3H6O2Si. The second kappa shape index (κ2) is 1.16. The topological polar surface area (TPSA) is 29.6 Å². The third-order valence-corrected chi connectivity index (χ3v) is 1.43. The Balaban J connectivity index is 2.31. The summed E-state index contributed by atoms with van der Waals surface area (Å²) in [5.74, 6) is 0. The highest BCUT2D eigenvalue weighted by atomic mass is 28.1. The van der Waals surface area contributed by atoms with Crippen LogP contribution in [0.2, 0.25) is 0 Å².